The number of benzene rings is 1. The van der Waals surface area contributed by atoms with Crippen LogP contribution < -0.4 is 21.3 Å². The highest BCUT2D eigenvalue weighted by Crippen LogP contribution is 2.20. The number of pyridine rings is 1. The van der Waals surface area contributed by atoms with E-state index in [9.17, 15) is 4.79 Å². The number of amides is 2. The molecule has 0 aliphatic carbocycles. The summed E-state index contributed by atoms with van der Waals surface area (Å²) in [7, 11) is 0. The monoisotopic (exact) mass is 397 g/mol. The maximum atomic E-state index is 11.9. The van der Waals surface area contributed by atoms with Crippen LogP contribution in [0.15, 0.2) is 54.7 Å². The van der Waals surface area contributed by atoms with E-state index < -0.39 is 0 Å². The molecule has 0 aliphatic heterocycles. The lowest BCUT2D eigenvalue weighted by Crippen LogP contribution is -2.32. The Bertz CT molecular complexity index is 937. The van der Waals surface area contributed by atoms with Crippen molar-refractivity contribution in [3.05, 3.63) is 65.6 Å². The van der Waals surface area contributed by atoms with Gasteiger partial charge in [-0.1, -0.05) is 29.8 Å². The van der Waals surface area contributed by atoms with Crippen LogP contribution in [0.4, 0.5) is 27.9 Å². The molecule has 144 valence electrons. The van der Waals surface area contributed by atoms with Crippen LogP contribution >= 0.6 is 11.6 Å². The third-order valence-corrected chi connectivity index (χ3v) is 3.93. The van der Waals surface area contributed by atoms with E-state index in [1.54, 1.807) is 36.5 Å². The first-order valence-corrected chi connectivity index (χ1v) is 9.05. The molecule has 0 saturated carbocycles. The number of aryl methyl sites for hydroxylation is 1. The van der Waals surface area contributed by atoms with E-state index in [0.29, 0.717) is 47.1 Å². The lowest BCUT2D eigenvalue weighted by atomic mass is 10.3. The number of halogens is 1. The molecule has 0 atom stereocenters. The maximum Gasteiger partial charge on any atom is 0.319 e. The number of nitrogens with zero attached hydrogens (tertiary/aromatic N) is 3. The van der Waals surface area contributed by atoms with Gasteiger partial charge in [0.15, 0.2) is 0 Å². The fourth-order valence-electron chi connectivity index (χ4n) is 2.39. The van der Waals surface area contributed by atoms with Crippen molar-refractivity contribution in [2.24, 2.45) is 0 Å². The molecule has 3 rings (SSSR count). The zero-order chi connectivity index (χ0) is 19.8. The fourth-order valence-corrected chi connectivity index (χ4v) is 2.57. The molecule has 0 saturated heterocycles. The molecule has 0 radical (unpaired) electrons. The summed E-state index contributed by atoms with van der Waals surface area (Å²) in [5, 5.41) is 12.2. The number of rotatable bonds is 7. The molecule has 3 aromatic rings. The van der Waals surface area contributed by atoms with E-state index >= 15 is 0 Å². The van der Waals surface area contributed by atoms with E-state index in [1.165, 1.54) is 0 Å². The van der Waals surface area contributed by atoms with E-state index in [2.05, 4.69) is 36.2 Å². The summed E-state index contributed by atoms with van der Waals surface area (Å²) in [5.41, 5.74) is 0.561. The number of aromatic nitrogens is 3. The van der Waals surface area contributed by atoms with Gasteiger partial charge >= 0.3 is 6.03 Å². The molecule has 9 heteroatoms. The molecule has 0 spiro atoms. The molecule has 1 aromatic carbocycles. The van der Waals surface area contributed by atoms with Crippen molar-refractivity contribution in [1.82, 2.24) is 20.3 Å². The first-order valence-electron chi connectivity index (χ1n) is 8.67. The Morgan fingerprint density at radius 1 is 1.00 bits per heavy atom. The van der Waals surface area contributed by atoms with Crippen molar-refractivity contribution < 1.29 is 4.79 Å². The average Bonchev–Trinajstić information content (AvgIpc) is 2.67. The molecule has 2 aromatic heterocycles. The molecule has 0 aliphatic rings. The summed E-state index contributed by atoms with van der Waals surface area (Å²) in [4.78, 5) is 24.8. The van der Waals surface area contributed by atoms with Crippen LogP contribution in [0.3, 0.4) is 0 Å². The normalized spacial score (nSPS) is 10.2. The number of nitrogens with one attached hydrogen (secondary N) is 4. The molecule has 2 heterocycles. The summed E-state index contributed by atoms with van der Waals surface area (Å²) >= 11 is 6.02. The SMILES string of the molecule is Cc1nc(NCCNC(=O)Nc2ccccc2Cl)cc(Nc2ccccn2)n1. The van der Waals surface area contributed by atoms with Gasteiger partial charge in [0.05, 0.1) is 10.7 Å². The van der Waals surface area contributed by atoms with Gasteiger partial charge in [0.1, 0.15) is 23.3 Å². The quantitative estimate of drug-likeness (QED) is 0.452. The number of hydrogen-bond acceptors (Lipinski definition) is 6. The maximum absolute atomic E-state index is 11.9. The molecule has 0 fully saturated rings. The van der Waals surface area contributed by atoms with Gasteiger partial charge in [0.25, 0.3) is 0 Å². The second-order valence-electron chi connectivity index (χ2n) is 5.81. The second-order valence-corrected chi connectivity index (χ2v) is 6.22. The smallest absolute Gasteiger partial charge is 0.319 e. The second kappa shape index (κ2) is 9.52. The highest BCUT2D eigenvalue weighted by Gasteiger charge is 2.05. The Kier molecular flexibility index (Phi) is 6.59. The summed E-state index contributed by atoms with van der Waals surface area (Å²) in [6, 6.07) is 14.1. The topological polar surface area (TPSA) is 104 Å². The van der Waals surface area contributed by atoms with Crippen LogP contribution in [0.1, 0.15) is 5.82 Å². The van der Waals surface area contributed by atoms with Crippen LogP contribution in [-0.4, -0.2) is 34.1 Å². The molecule has 2 amide bonds. The van der Waals surface area contributed by atoms with Crippen LogP contribution in [0, 0.1) is 6.92 Å². The van der Waals surface area contributed by atoms with Gasteiger partial charge in [0.2, 0.25) is 0 Å². The van der Waals surface area contributed by atoms with Crippen molar-refractivity contribution in [2.45, 2.75) is 6.92 Å². The number of hydrogen-bond donors (Lipinski definition) is 4. The Balaban J connectivity index is 1.48. The Morgan fingerprint density at radius 3 is 2.57 bits per heavy atom. The van der Waals surface area contributed by atoms with Gasteiger partial charge in [-0.3, -0.25) is 0 Å². The first kappa shape index (κ1) is 19.4. The van der Waals surface area contributed by atoms with E-state index in [1.807, 2.05) is 25.1 Å². The Labute approximate surface area is 167 Å². The van der Waals surface area contributed by atoms with Crippen molar-refractivity contribution >= 4 is 40.8 Å². The molecule has 8 nitrogen and oxygen atoms in total. The number of urea groups is 1. The number of carbonyl (C=O) groups excluding carboxylic acids is 1. The lowest BCUT2D eigenvalue weighted by molar-refractivity contribution is 0.252. The summed E-state index contributed by atoms with van der Waals surface area (Å²) < 4.78 is 0. The van der Waals surface area contributed by atoms with E-state index in [-0.39, 0.29) is 6.03 Å². The lowest BCUT2D eigenvalue weighted by Gasteiger charge is -2.11. The van der Waals surface area contributed by atoms with Crippen molar-refractivity contribution in [3.8, 4) is 0 Å². The van der Waals surface area contributed by atoms with Crippen LogP contribution in [0.5, 0.6) is 0 Å². The summed E-state index contributed by atoms with van der Waals surface area (Å²) in [5.74, 6) is 2.61. The molecule has 0 bridgehead atoms. The molecule has 0 unspecified atom stereocenters. The van der Waals surface area contributed by atoms with Crippen molar-refractivity contribution in [3.63, 3.8) is 0 Å². The van der Waals surface area contributed by atoms with Crippen molar-refractivity contribution in [2.75, 3.05) is 29.0 Å². The standard InChI is InChI=1S/C19H20ClN7O/c1-13-24-17(12-18(25-13)27-16-8-4-5-9-21-16)22-10-11-23-19(28)26-15-7-3-2-6-14(15)20/h2-9,12H,10-11H2,1H3,(H2,23,26,28)(H2,21,22,24,25,27). The van der Waals surface area contributed by atoms with Gasteiger partial charge in [-0.25, -0.2) is 19.7 Å². The largest absolute Gasteiger partial charge is 0.368 e. The zero-order valence-corrected chi connectivity index (χ0v) is 16.0. The Hall–Kier alpha value is -3.39. The molecule has 28 heavy (non-hydrogen) atoms. The van der Waals surface area contributed by atoms with Gasteiger partial charge in [-0.2, -0.15) is 0 Å². The van der Waals surface area contributed by atoms with Crippen LogP contribution in [0.25, 0.3) is 0 Å². The van der Waals surface area contributed by atoms with E-state index in [4.69, 9.17) is 11.6 Å². The minimum absolute atomic E-state index is 0.328. The molecular weight excluding hydrogens is 378 g/mol. The zero-order valence-electron chi connectivity index (χ0n) is 15.2. The Morgan fingerprint density at radius 2 is 1.79 bits per heavy atom. The minimum atomic E-state index is -0.328. The summed E-state index contributed by atoms with van der Waals surface area (Å²) in [6.07, 6.45) is 1.70. The van der Waals surface area contributed by atoms with Gasteiger partial charge in [-0.15, -0.1) is 0 Å². The third-order valence-electron chi connectivity index (χ3n) is 3.60. The van der Waals surface area contributed by atoms with Crippen LogP contribution in [0.2, 0.25) is 5.02 Å². The number of carbonyl (C=O) groups is 1. The third kappa shape index (κ3) is 5.82. The predicted octanol–water partition coefficient (Wildman–Crippen LogP) is 3.81. The highest BCUT2D eigenvalue weighted by atomic mass is 35.5. The van der Waals surface area contributed by atoms with Gasteiger partial charge in [-0.05, 0) is 31.2 Å². The fraction of sp³-hybridized carbons (Fsp3) is 0.158. The van der Waals surface area contributed by atoms with Gasteiger partial charge < -0.3 is 21.3 Å². The molecule has 4 N–H and O–H groups in total. The van der Waals surface area contributed by atoms with Gasteiger partial charge in [0, 0.05) is 25.4 Å². The number of anilines is 4. The van der Waals surface area contributed by atoms with E-state index in [0.717, 1.165) is 0 Å². The number of para-hydroxylation sites is 1. The minimum Gasteiger partial charge on any atom is -0.368 e. The molecular formula is C19H20ClN7O. The first-order chi connectivity index (χ1) is 13.6. The average molecular weight is 398 g/mol. The highest BCUT2D eigenvalue weighted by molar-refractivity contribution is 6.33. The van der Waals surface area contributed by atoms with Crippen molar-refractivity contribution in [1.29, 1.82) is 0 Å². The summed E-state index contributed by atoms with van der Waals surface area (Å²) in [6.45, 7) is 2.71. The van der Waals surface area contributed by atoms with Crippen LogP contribution in [-0.2, 0) is 0 Å². The predicted molar refractivity (Wildman–Crippen MR) is 111 cm³/mol.